The molecule has 2 aromatic carbocycles. The van der Waals surface area contributed by atoms with E-state index in [2.05, 4.69) is 10.9 Å². The normalized spacial score (nSPS) is 10.1. The highest BCUT2D eigenvalue weighted by Crippen LogP contribution is 2.17. The Labute approximate surface area is 151 Å². The molecule has 7 heteroatoms. The molecule has 0 aromatic heterocycles. The maximum atomic E-state index is 12.0. The first-order valence-corrected chi connectivity index (χ1v) is 8.08. The maximum absolute atomic E-state index is 12.0. The van der Waals surface area contributed by atoms with Gasteiger partial charge in [-0.2, -0.15) is 0 Å². The Morgan fingerprint density at radius 3 is 2.27 bits per heavy atom. The summed E-state index contributed by atoms with van der Waals surface area (Å²) in [6.45, 7) is 0. The van der Waals surface area contributed by atoms with Gasteiger partial charge in [-0.05, 0) is 58.5 Å². The second-order valence-corrected chi connectivity index (χ2v) is 6.46. The number of benzene rings is 2. The molecule has 0 heterocycles. The van der Waals surface area contributed by atoms with Gasteiger partial charge < -0.3 is 0 Å². The highest BCUT2D eigenvalue weighted by Gasteiger charge is 2.11. The van der Waals surface area contributed by atoms with Crippen molar-refractivity contribution in [2.75, 3.05) is 0 Å². The van der Waals surface area contributed by atoms with E-state index in [-0.39, 0.29) is 12.3 Å². The monoisotopic (exact) mass is 448 g/mol. The van der Waals surface area contributed by atoms with Crippen molar-refractivity contribution < 1.29 is 9.59 Å². The van der Waals surface area contributed by atoms with Crippen molar-refractivity contribution in [3.63, 3.8) is 0 Å². The van der Waals surface area contributed by atoms with Crippen LogP contribution in [0.2, 0.25) is 10.0 Å². The van der Waals surface area contributed by atoms with Crippen LogP contribution in [0.4, 0.5) is 0 Å². The number of amides is 2. The lowest BCUT2D eigenvalue weighted by Crippen LogP contribution is -2.42. The minimum atomic E-state index is -0.420. The first-order chi connectivity index (χ1) is 10.5. The molecule has 0 aliphatic carbocycles. The van der Waals surface area contributed by atoms with Crippen LogP contribution >= 0.6 is 45.8 Å². The van der Waals surface area contributed by atoms with Gasteiger partial charge in [-0.3, -0.25) is 20.4 Å². The predicted molar refractivity (Wildman–Crippen MR) is 94.9 cm³/mol. The van der Waals surface area contributed by atoms with Gasteiger partial charge in [-0.15, -0.1) is 0 Å². The van der Waals surface area contributed by atoms with E-state index < -0.39 is 5.91 Å². The summed E-state index contributed by atoms with van der Waals surface area (Å²) in [7, 11) is 0. The number of hydrogen-bond donors (Lipinski definition) is 2. The Morgan fingerprint density at radius 1 is 0.955 bits per heavy atom. The fraction of sp³-hybridized carbons (Fsp3) is 0.0667. The summed E-state index contributed by atoms with van der Waals surface area (Å²) in [5.74, 6) is -0.746. The molecular formula is C15H11Cl2IN2O2. The molecule has 0 atom stereocenters. The zero-order valence-electron chi connectivity index (χ0n) is 11.2. The van der Waals surface area contributed by atoms with Crippen LogP contribution in [0.1, 0.15) is 15.9 Å². The molecule has 4 nitrogen and oxygen atoms in total. The van der Waals surface area contributed by atoms with E-state index in [1.54, 1.807) is 42.5 Å². The predicted octanol–water partition coefficient (Wildman–Crippen LogP) is 3.60. The standard InChI is InChI=1S/C15H11Cl2IN2O2/c16-10-3-1-9(2-4-10)7-14(21)19-20-15(22)12-8-11(17)5-6-13(12)18/h1-6,8H,7H2,(H,19,21)(H,20,22). The van der Waals surface area contributed by atoms with Crippen LogP contribution in [0.5, 0.6) is 0 Å². The van der Waals surface area contributed by atoms with Gasteiger partial charge in [0.25, 0.3) is 5.91 Å². The highest BCUT2D eigenvalue weighted by atomic mass is 127. The SMILES string of the molecule is O=C(Cc1ccc(Cl)cc1)NNC(=O)c1cc(Cl)ccc1I. The van der Waals surface area contributed by atoms with E-state index in [1.165, 1.54) is 0 Å². The molecule has 0 aliphatic rings. The number of hydrogen-bond acceptors (Lipinski definition) is 2. The van der Waals surface area contributed by atoms with Crippen LogP contribution in [0, 0.1) is 3.57 Å². The number of carbonyl (C=O) groups is 2. The van der Waals surface area contributed by atoms with Crippen molar-refractivity contribution in [3.05, 3.63) is 67.2 Å². The Morgan fingerprint density at radius 2 is 1.59 bits per heavy atom. The van der Waals surface area contributed by atoms with Gasteiger partial charge in [-0.1, -0.05) is 35.3 Å². The lowest BCUT2D eigenvalue weighted by molar-refractivity contribution is -0.121. The summed E-state index contributed by atoms with van der Waals surface area (Å²) in [4.78, 5) is 23.8. The Kier molecular flexibility index (Phi) is 6.05. The number of nitrogens with one attached hydrogen (secondary N) is 2. The van der Waals surface area contributed by atoms with Crippen LogP contribution < -0.4 is 10.9 Å². The van der Waals surface area contributed by atoms with Gasteiger partial charge in [0.05, 0.1) is 12.0 Å². The van der Waals surface area contributed by atoms with Crippen molar-refractivity contribution in [1.82, 2.24) is 10.9 Å². The zero-order valence-corrected chi connectivity index (χ0v) is 14.9. The van der Waals surface area contributed by atoms with Gasteiger partial charge in [0.2, 0.25) is 5.91 Å². The molecule has 22 heavy (non-hydrogen) atoms. The summed E-state index contributed by atoms with van der Waals surface area (Å²) in [6, 6.07) is 11.9. The van der Waals surface area contributed by atoms with Crippen LogP contribution in [-0.2, 0) is 11.2 Å². The molecule has 0 radical (unpaired) electrons. The fourth-order valence-corrected chi connectivity index (χ4v) is 2.58. The highest BCUT2D eigenvalue weighted by molar-refractivity contribution is 14.1. The first kappa shape index (κ1) is 17.1. The lowest BCUT2D eigenvalue weighted by Gasteiger charge is -2.09. The van der Waals surface area contributed by atoms with Crippen LogP contribution in [-0.4, -0.2) is 11.8 Å². The number of rotatable bonds is 3. The third-order valence-electron chi connectivity index (χ3n) is 2.77. The maximum Gasteiger partial charge on any atom is 0.270 e. The first-order valence-electron chi connectivity index (χ1n) is 6.24. The second kappa shape index (κ2) is 7.80. The molecule has 2 amide bonds. The van der Waals surface area contributed by atoms with E-state index in [4.69, 9.17) is 23.2 Å². The van der Waals surface area contributed by atoms with Gasteiger partial charge in [-0.25, -0.2) is 0 Å². The van der Waals surface area contributed by atoms with E-state index in [9.17, 15) is 9.59 Å². The molecule has 0 saturated heterocycles. The molecule has 2 aromatic rings. The molecular weight excluding hydrogens is 438 g/mol. The summed E-state index contributed by atoms with van der Waals surface area (Å²) in [6.07, 6.45) is 0.143. The number of hydrazine groups is 1. The summed E-state index contributed by atoms with van der Waals surface area (Å²) in [5.41, 5.74) is 5.95. The summed E-state index contributed by atoms with van der Waals surface area (Å²) >= 11 is 13.7. The van der Waals surface area contributed by atoms with Gasteiger partial charge in [0, 0.05) is 13.6 Å². The van der Waals surface area contributed by atoms with Gasteiger partial charge in [0.15, 0.2) is 0 Å². The van der Waals surface area contributed by atoms with E-state index >= 15 is 0 Å². The van der Waals surface area contributed by atoms with Gasteiger partial charge in [0.1, 0.15) is 0 Å². The van der Waals surface area contributed by atoms with Crippen LogP contribution in [0.3, 0.4) is 0 Å². The molecule has 0 unspecified atom stereocenters. The third kappa shape index (κ3) is 4.86. The number of halogens is 3. The topological polar surface area (TPSA) is 58.2 Å². The lowest BCUT2D eigenvalue weighted by atomic mass is 10.1. The molecule has 0 bridgehead atoms. The van der Waals surface area contributed by atoms with Crippen molar-refractivity contribution in [3.8, 4) is 0 Å². The largest absolute Gasteiger partial charge is 0.273 e. The molecule has 0 aliphatic heterocycles. The third-order valence-corrected chi connectivity index (χ3v) is 4.19. The summed E-state index contributed by atoms with van der Waals surface area (Å²) < 4.78 is 0.742. The van der Waals surface area contributed by atoms with Crippen molar-refractivity contribution in [2.45, 2.75) is 6.42 Å². The fourth-order valence-electron chi connectivity index (χ4n) is 1.70. The second-order valence-electron chi connectivity index (χ2n) is 4.43. The molecule has 2 N–H and O–H groups in total. The van der Waals surface area contributed by atoms with E-state index in [0.29, 0.717) is 15.6 Å². The summed E-state index contributed by atoms with van der Waals surface area (Å²) in [5, 5.41) is 1.06. The zero-order chi connectivity index (χ0) is 16.1. The van der Waals surface area contributed by atoms with E-state index in [1.807, 2.05) is 22.6 Å². The molecule has 0 saturated carbocycles. The minimum absolute atomic E-state index is 0.143. The minimum Gasteiger partial charge on any atom is -0.273 e. The van der Waals surface area contributed by atoms with Crippen LogP contribution in [0.25, 0.3) is 0 Å². The molecule has 114 valence electrons. The van der Waals surface area contributed by atoms with Crippen molar-refractivity contribution >= 4 is 57.6 Å². The average molecular weight is 449 g/mol. The quantitative estimate of drug-likeness (QED) is 0.556. The average Bonchev–Trinajstić information content (AvgIpc) is 2.49. The van der Waals surface area contributed by atoms with Crippen LogP contribution in [0.15, 0.2) is 42.5 Å². The molecule has 2 rings (SSSR count). The van der Waals surface area contributed by atoms with Crippen molar-refractivity contribution in [2.24, 2.45) is 0 Å². The smallest absolute Gasteiger partial charge is 0.270 e. The Balaban J connectivity index is 1.91. The van der Waals surface area contributed by atoms with Gasteiger partial charge >= 0.3 is 0 Å². The molecule has 0 spiro atoms. The Hall–Kier alpha value is -1.31. The van der Waals surface area contributed by atoms with E-state index in [0.717, 1.165) is 9.13 Å². The van der Waals surface area contributed by atoms with Crippen molar-refractivity contribution in [1.29, 1.82) is 0 Å². The molecule has 0 fully saturated rings. The number of carbonyl (C=O) groups excluding carboxylic acids is 2. The Bertz CT molecular complexity index is 705.